The minimum atomic E-state index is -4.61. The van der Waals surface area contributed by atoms with Crippen molar-refractivity contribution in [2.24, 2.45) is 0 Å². The fourth-order valence-electron chi connectivity index (χ4n) is 3.54. The van der Waals surface area contributed by atoms with Crippen molar-refractivity contribution in [1.82, 2.24) is 14.3 Å². The summed E-state index contributed by atoms with van der Waals surface area (Å²) in [4.78, 5) is 11.1. The van der Waals surface area contributed by atoms with Crippen molar-refractivity contribution in [2.75, 3.05) is 50.1 Å². The number of hydrogen-bond donors (Lipinski definition) is 0. The molecule has 0 amide bonds. The number of halogens is 3. The van der Waals surface area contributed by atoms with Gasteiger partial charge in [-0.15, -0.1) is 0 Å². The van der Waals surface area contributed by atoms with E-state index in [4.69, 9.17) is 0 Å². The average molecular weight is 466 g/mol. The predicted molar refractivity (Wildman–Crippen MR) is 116 cm³/mol. The van der Waals surface area contributed by atoms with E-state index in [0.29, 0.717) is 0 Å². The zero-order valence-electron chi connectivity index (χ0n) is 17.5. The van der Waals surface area contributed by atoms with Gasteiger partial charge in [-0.3, -0.25) is 0 Å². The van der Waals surface area contributed by atoms with E-state index < -0.39 is 21.9 Å². The molecule has 0 unspecified atom stereocenters. The molecule has 1 fully saturated rings. The van der Waals surface area contributed by atoms with Crippen LogP contribution in [0, 0.1) is 0 Å². The second-order valence-corrected chi connectivity index (χ2v) is 9.64. The third-order valence-electron chi connectivity index (χ3n) is 5.33. The highest BCUT2D eigenvalue weighted by atomic mass is 32.2. The lowest BCUT2D eigenvalue weighted by Gasteiger charge is -2.34. The molecular weight excluding hydrogens is 443 g/mol. The Morgan fingerprint density at radius 1 is 0.906 bits per heavy atom. The number of sulfonamides is 1. The topological polar surface area (TPSA) is 69.6 Å². The molecular formula is C21H22F3N5O2S. The van der Waals surface area contributed by atoms with Crippen LogP contribution in [0.2, 0.25) is 0 Å². The first-order valence-electron chi connectivity index (χ1n) is 9.93. The highest BCUT2D eigenvalue weighted by molar-refractivity contribution is 7.89. The first kappa shape index (κ1) is 22.3. The van der Waals surface area contributed by atoms with E-state index >= 15 is 0 Å². The summed E-state index contributed by atoms with van der Waals surface area (Å²) in [5.41, 5.74) is -1.03. The average Bonchev–Trinajstić information content (AvgIpc) is 2.78. The number of hydrogen-bond acceptors (Lipinski definition) is 6. The summed E-state index contributed by atoms with van der Waals surface area (Å²) in [7, 11) is -0.539. The zero-order valence-corrected chi connectivity index (χ0v) is 18.4. The van der Waals surface area contributed by atoms with Crippen molar-refractivity contribution < 1.29 is 21.6 Å². The Kier molecular flexibility index (Phi) is 5.72. The maximum absolute atomic E-state index is 13.3. The summed E-state index contributed by atoms with van der Waals surface area (Å²) in [5, 5.41) is 1.76. The zero-order chi connectivity index (χ0) is 23.1. The summed E-state index contributed by atoms with van der Waals surface area (Å²) >= 11 is 0. The van der Waals surface area contributed by atoms with E-state index in [0.717, 1.165) is 16.8 Å². The number of benzene rings is 2. The van der Waals surface area contributed by atoms with E-state index in [1.54, 1.807) is 37.2 Å². The van der Waals surface area contributed by atoms with Gasteiger partial charge in [-0.25, -0.2) is 13.4 Å². The van der Waals surface area contributed by atoms with Crippen molar-refractivity contribution in [3.8, 4) is 0 Å². The summed E-state index contributed by atoms with van der Waals surface area (Å²) < 4.78 is 67.4. The third-order valence-corrected chi connectivity index (χ3v) is 7.22. The van der Waals surface area contributed by atoms with E-state index in [1.807, 2.05) is 24.3 Å². The molecule has 1 aromatic heterocycles. The second kappa shape index (κ2) is 8.21. The summed E-state index contributed by atoms with van der Waals surface area (Å²) in [6.07, 6.45) is -4.61. The van der Waals surface area contributed by atoms with Crippen LogP contribution in [0.1, 0.15) is 5.69 Å². The molecule has 2 aromatic carbocycles. The van der Waals surface area contributed by atoms with Crippen molar-refractivity contribution in [3.63, 3.8) is 0 Å². The molecule has 3 aromatic rings. The number of anilines is 2. The summed E-state index contributed by atoms with van der Waals surface area (Å²) in [6.45, 7) is 0.597. The molecule has 0 N–H and O–H groups in total. The van der Waals surface area contributed by atoms with Crippen LogP contribution in [-0.4, -0.2) is 63.0 Å². The molecule has 0 spiro atoms. The van der Waals surface area contributed by atoms with Crippen LogP contribution in [0.5, 0.6) is 0 Å². The van der Waals surface area contributed by atoms with Crippen LogP contribution in [0.4, 0.5) is 24.9 Å². The lowest BCUT2D eigenvalue weighted by atomic mass is 10.1. The third kappa shape index (κ3) is 4.35. The molecule has 11 heteroatoms. The van der Waals surface area contributed by atoms with Crippen molar-refractivity contribution in [2.45, 2.75) is 11.1 Å². The molecule has 0 radical (unpaired) electrons. The Morgan fingerprint density at radius 3 is 2.19 bits per heavy atom. The lowest BCUT2D eigenvalue weighted by molar-refractivity contribution is -0.141. The molecule has 0 bridgehead atoms. The van der Waals surface area contributed by atoms with Crippen molar-refractivity contribution >= 4 is 32.6 Å². The van der Waals surface area contributed by atoms with Gasteiger partial charge in [0.1, 0.15) is 5.82 Å². The van der Waals surface area contributed by atoms with Gasteiger partial charge in [-0.2, -0.15) is 22.5 Å². The van der Waals surface area contributed by atoms with Crippen LogP contribution in [-0.2, 0) is 16.2 Å². The van der Waals surface area contributed by atoms with Gasteiger partial charge < -0.3 is 9.80 Å². The fraction of sp³-hybridized carbons (Fsp3) is 0.333. The fourth-order valence-corrected chi connectivity index (χ4v) is 5.00. The number of rotatable bonds is 4. The molecule has 4 rings (SSSR count). The van der Waals surface area contributed by atoms with Gasteiger partial charge >= 0.3 is 6.18 Å². The van der Waals surface area contributed by atoms with Crippen molar-refractivity contribution in [1.29, 1.82) is 0 Å². The second-order valence-electron chi connectivity index (χ2n) is 7.70. The van der Waals surface area contributed by atoms with Crippen LogP contribution < -0.4 is 9.80 Å². The molecule has 2 heterocycles. The van der Waals surface area contributed by atoms with E-state index in [2.05, 4.69) is 9.97 Å². The van der Waals surface area contributed by atoms with Crippen LogP contribution in [0.15, 0.2) is 53.4 Å². The SMILES string of the molecule is CN(C)c1cc(C(F)(F)F)nc(N2CCN(S(=O)(=O)c3ccc4ccccc4c3)CC2)n1. The molecule has 7 nitrogen and oxygen atoms in total. The first-order chi connectivity index (χ1) is 15.1. The highest BCUT2D eigenvalue weighted by Crippen LogP contribution is 2.31. The smallest absolute Gasteiger partial charge is 0.363 e. The quantitative estimate of drug-likeness (QED) is 0.589. The predicted octanol–water partition coefficient (Wildman–Crippen LogP) is 3.23. The lowest BCUT2D eigenvalue weighted by Crippen LogP contribution is -2.49. The van der Waals surface area contributed by atoms with Gasteiger partial charge in [0, 0.05) is 46.3 Å². The molecule has 1 aliphatic rings. The van der Waals surface area contributed by atoms with Gasteiger partial charge in [-0.1, -0.05) is 30.3 Å². The Balaban J connectivity index is 1.55. The monoisotopic (exact) mass is 465 g/mol. The number of aromatic nitrogens is 2. The molecule has 1 aliphatic heterocycles. The molecule has 170 valence electrons. The first-order valence-corrected chi connectivity index (χ1v) is 11.4. The normalized spacial score (nSPS) is 15.8. The Bertz CT molecular complexity index is 1240. The number of piperazine rings is 1. The maximum Gasteiger partial charge on any atom is 0.433 e. The van der Waals surface area contributed by atoms with Crippen LogP contribution >= 0.6 is 0 Å². The maximum atomic E-state index is 13.3. The minimum Gasteiger partial charge on any atom is -0.363 e. The highest BCUT2D eigenvalue weighted by Gasteiger charge is 2.35. The van der Waals surface area contributed by atoms with Gasteiger partial charge in [-0.05, 0) is 22.9 Å². The molecule has 32 heavy (non-hydrogen) atoms. The number of fused-ring (bicyclic) bond motifs is 1. The molecule has 0 aliphatic carbocycles. The molecule has 0 atom stereocenters. The molecule has 1 saturated heterocycles. The standard InChI is InChI=1S/C21H22F3N5O2S/c1-27(2)19-14-18(21(22,23)24)25-20(26-19)28-9-11-29(12-10-28)32(30,31)17-8-7-15-5-3-4-6-16(15)13-17/h3-8,13-14H,9-12H2,1-2H3. The minimum absolute atomic E-state index is 0.0636. The number of alkyl halides is 3. The van der Waals surface area contributed by atoms with Gasteiger partial charge in [0.15, 0.2) is 5.69 Å². The van der Waals surface area contributed by atoms with E-state index in [1.165, 1.54) is 9.21 Å². The summed E-state index contributed by atoms with van der Waals surface area (Å²) in [6, 6.07) is 13.3. The molecule has 0 saturated carbocycles. The number of nitrogens with zero attached hydrogens (tertiary/aromatic N) is 5. The van der Waals surface area contributed by atoms with Gasteiger partial charge in [0.2, 0.25) is 16.0 Å². The van der Waals surface area contributed by atoms with E-state index in [-0.39, 0.29) is 42.8 Å². The van der Waals surface area contributed by atoms with Crippen LogP contribution in [0.25, 0.3) is 10.8 Å². The summed E-state index contributed by atoms with van der Waals surface area (Å²) in [5.74, 6) is 0.0693. The van der Waals surface area contributed by atoms with E-state index in [9.17, 15) is 21.6 Å². The Hall–Kier alpha value is -2.92. The van der Waals surface area contributed by atoms with Gasteiger partial charge in [0.05, 0.1) is 4.90 Å². The largest absolute Gasteiger partial charge is 0.433 e. The van der Waals surface area contributed by atoms with Crippen molar-refractivity contribution in [3.05, 3.63) is 54.2 Å². The van der Waals surface area contributed by atoms with Gasteiger partial charge in [0.25, 0.3) is 0 Å². The van der Waals surface area contributed by atoms with Crippen LogP contribution in [0.3, 0.4) is 0 Å². The Morgan fingerprint density at radius 2 is 1.56 bits per heavy atom. The Labute approximate surface area is 184 Å².